The number of primary amides is 1. The predicted molar refractivity (Wildman–Crippen MR) is 88.8 cm³/mol. The van der Waals surface area contributed by atoms with Crippen LogP contribution in [0.1, 0.15) is 37.2 Å². The molecule has 0 bridgehead atoms. The van der Waals surface area contributed by atoms with E-state index in [1.807, 2.05) is 30.3 Å². The molecular formula is C17H22N4O. The fourth-order valence-corrected chi connectivity index (χ4v) is 2.31. The zero-order valence-electron chi connectivity index (χ0n) is 13.1. The minimum atomic E-state index is -0.534. The van der Waals surface area contributed by atoms with Crippen LogP contribution >= 0.6 is 0 Å². The van der Waals surface area contributed by atoms with E-state index in [2.05, 4.69) is 28.7 Å². The van der Waals surface area contributed by atoms with Gasteiger partial charge < -0.3 is 10.6 Å². The molecule has 0 saturated heterocycles. The molecule has 2 N–H and O–H groups in total. The van der Waals surface area contributed by atoms with Crippen LogP contribution in [0.3, 0.4) is 0 Å². The van der Waals surface area contributed by atoms with Gasteiger partial charge in [-0.1, -0.05) is 44.2 Å². The van der Waals surface area contributed by atoms with Crippen molar-refractivity contribution in [2.75, 3.05) is 18.0 Å². The van der Waals surface area contributed by atoms with Crippen molar-refractivity contribution in [3.63, 3.8) is 0 Å². The maximum absolute atomic E-state index is 11.6. The summed E-state index contributed by atoms with van der Waals surface area (Å²) in [6, 6.07) is 11.4. The summed E-state index contributed by atoms with van der Waals surface area (Å²) < 4.78 is 0. The lowest BCUT2D eigenvalue weighted by molar-refractivity contribution is 0.0995. The summed E-state index contributed by atoms with van der Waals surface area (Å²) >= 11 is 0. The number of rotatable bonds is 7. The van der Waals surface area contributed by atoms with Gasteiger partial charge in [0, 0.05) is 18.7 Å². The van der Waals surface area contributed by atoms with Gasteiger partial charge >= 0.3 is 0 Å². The van der Waals surface area contributed by atoms with E-state index in [1.165, 1.54) is 0 Å². The van der Waals surface area contributed by atoms with Crippen molar-refractivity contribution in [3.05, 3.63) is 42.1 Å². The summed E-state index contributed by atoms with van der Waals surface area (Å²) in [6.45, 7) is 5.92. The van der Waals surface area contributed by atoms with E-state index in [-0.39, 0.29) is 5.69 Å². The molecule has 22 heavy (non-hydrogen) atoms. The van der Waals surface area contributed by atoms with Gasteiger partial charge in [0.05, 0.1) is 5.69 Å². The Bertz CT molecular complexity index is 622. The first-order valence-electron chi connectivity index (χ1n) is 7.65. The summed E-state index contributed by atoms with van der Waals surface area (Å²) in [5.41, 5.74) is 7.35. The molecule has 1 aromatic heterocycles. The van der Waals surface area contributed by atoms with E-state index < -0.39 is 5.91 Å². The number of benzene rings is 1. The highest BCUT2D eigenvalue weighted by Gasteiger charge is 2.14. The standard InChI is InChI=1S/C17H22N4O/c1-3-10-21(11-4-2)17-19-14(12-15(20-17)16(18)22)13-8-6-5-7-9-13/h5-9,12H,3-4,10-11H2,1-2H3,(H2,18,22). The van der Waals surface area contributed by atoms with Crippen molar-refractivity contribution >= 4 is 11.9 Å². The molecule has 0 radical (unpaired) electrons. The van der Waals surface area contributed by atoms with Gasteiger partial charge in [-0.2, -0.15) is 0 Å². The Morgan fingerprint density at radius 1 is 1.09 bits per heavy atom. The van der Waals surface area contributed by atoms with Gasteiger partial charge in [0.1, 0.15) is 5.69 Å². The molecule has 0 atom stereocenters. The van der Waals surface area contributed by atoms with Crippen LogP contribution in [-0.2, 0) is 0 Å². The van der Waals surface area contributed by atoms with Crippen LogP contribution < -0.4 is 10.6 Å². The second-order valence-electron chi connectivity index (χ2n) is 5.16. The van der Waals surface area contributed by atoms with Crippen LogP contribution in [0.2, 0.25) is 0 Å². The summed E-state index contributed by atoms with van der Waals surface area (Å²) in [4.78, 5) is 22.7. The molecule has 2 aromatic rings. The van der Waals surface area contributed by atoms with Gasteiger partial charge in [-0.15, -0.1) is 0 Å². The summed E-state index contributed by atoms with van der Waals surface area (Å²) in [5.74, 6) is 0.0348. The lowest BCUT2D eigenvalue weighted by atomic mass is 10.1. The van der Waals surface area contributed by atoms with Gasteiger partial charge in [0.15, 0.2) is 0 Å². The number of nitrogens with zero attached hydrogens (tertiary/aromatic N) is 3. The Labute approximate surface area is 131 Å². The van der Waals surface area contributed by atoms with E-state index in [1.54, 1.807) is 6.07 Å². The summed E-state index contributed by atoms with van der Waals surface area (Å²) in [7, 11) is 0. The van der Waals surface area contributed by atoms with Crippen LogP contribution in [0, 0.1) is 0 Å². The number of hydrogen-bond acceptors (Lipinski definition) is 4. The second kappa shape index (κ2) is 7.54. The average Bonchev–Trinajstić information content (AvgIpc) is 2.55. The van der Waals surface area contributed by atoms with E-state index in [9.17, 15) is 4.79 Å². The molecule has 1 aromatic carbocycles. The van der Waals surface area contributed by atoms with Gasteiger partial charge in [0.25, 0.3) is 5.91 Å². The molecule has 0 aliphatic carbocycles. The first kappa shape index (κ1) is 15.9. The molecule has 2 rings (SSSR count). The third-order valence-corrected chi connectivity index (χ3v) is 3.31. The highest BCUT2D eigenvalue weighted by atomic mass is 16.1. The highest BCUT2D eigenvalue weighted by molar-refractivity contribution is 5.92. The van der Waals surface area contributed by atoms with E-state index >= 15 is 0 Å². The molecule has 0 spiro atoms. The van der Waals surface area contributed by atoms with E-state index in [4.69, 9.17) is 5.73 Å². The Hall–Kier alpha value is -2.43. The number of hydrogen-bond donors (Lipinski definition) is 1. The third-order valence-electron chi connectivity index (χ3n) is 3.31. The second-order valence-corrected chi connectivity index (χ2v) is 5.16. The lowest BCUT2D eigenvalue weighted by Gasteiger charge is -2.22. The zero-order valence-corrected chi connectivity index (χ0v) is 13.1. The minimum Gasteiger partial charge on any atom is -0.364 e. The van der Waals surface area contributed by atoms with Gasteiger partial charge in [-0.3, -0.25) is 4.79 Å². The first-order valence-corrected chi connectivity index (χ1v) is 7.65. The van der Waals surface area contributed by atoms with Crippen molar-refractivity contribution in [1.29, 1.82) is 0 Å². The Kier molecular flexibility index (Phi) is 5.47. The Morgan fingerprint density at radius 2 is 1.73 bits per heavy atom. The molecule has 5 nitrogen and oxygen atoms in total. The molecule has 0 aliphatic heterocycles. The number of carbonyl (C=O) groups excluding carboxylic acids is 1. The molecule has 1 amide bonds. The lowest BCUT2D eigenvalue weighted by Crippen LogP contribution is -2.28. The largest absolute Gasteiger partial charge is 0.364 e. The number of amides is 1. The fraction of sp³-hybridized carbons (Fsp3) is 0.353. The van der Waals surface area contributed by atoms with Gasteiger partial charge in [-0.25, -0.2) is 9.97 Å². The maximum atomic E-state index is 11.6. The minimum absolute atomic E-state index is 0.251. The highest BCUT2D eigenvalue weighted by Crippen LogP contribution is 2.21. The first-order chi connectivity index (χ1) is 10.7. The fourth-order valence-electron chi connectivity index (χ4n) is 2.31. The number of anilines is 1. The predicted octanol–water partition coefficient (Wildman–Crippen LogP) is 2.87. The summed E-state index contributed by atoms with van der Waals surface area (Å²) in [5, 5.41) is 0. The monoisotopic (exact) mass is 298 g/mol. The topological polar surface area (TPSA) is 72.1 Å². The summed E-state index contributed by atoms with van der Waals surface area (Å²) in [6.07, 6.45) is 1.98. The van der Waals surface area contributed by atoms with E-state index in [0.717, 1.165) is 37.2 Å². The molecule has 5 heteroatoms. The number of carbonyl (C=O) groups is 1. The molecule has 0 saturated carbocycles. The molecular weight excluding hydrogens is 276 g/mol. The molecule has 116 valence electrons. The Balaban J connectivity index is 2.49. The molecule has 0 unspecified atom stereocenters. The van der Waals surface area contributed by atoms with Crippen LogP contribution in [0.15, 0.2) is 36.4 Å². The van der Waals surface area contributed by atoms with Gasteiger partial charge in [-0.05, 0) is 18.9 Å². The van der Waals surface area contributed by atoms with Gasteiger partial charge in [0.2, 0.25) is 5.95 Å². The SMILES string of the molecule is CCCN(CCC)c1nc(C(N)=O)cc(-c2ccccc2)n1. The van der Waals surface area contributed by atoms with Crippen molar-refractivity contribution in [2.24, 2.45) is 5.73 Å². The normalized spacial score (nSPS) is 10.5. The smallest absolute Gasteiger partial charge is 0.267 e. The van der Waals surface area contributed by atoms with Crippen LogP contribution in [-0.4, -0.2) is 29.0 Å². The zero-order chi connectivity index (χ0) is 15.9. The van der Waals surface area contributed by atoms with Crippen LogP contribution in [0.5, 0.6) is 0 Å². The van der Waals surface area contributed by atoms with Crippen molar-refractivity contribution < 1.29 is 4.79 Å². The quantitative estimate of drug-likeness (QED) is 0.853. The van der Waals surface area contributed by atoms with Crippen LogP contribution in [0.4, 0.5) is 5.95 Å². The van der Waals surface area contributed by atoms with Crippen molar-refractivity contribution in [3.8, 4) is 11.3 Å². The number of nitrogens with two attached hydrogens (primary N) is 1. The van der Waals surface area contributed by atoms with Crippen molar-refractivity contribution in [2.45, 2.75) is 26.7 Å². The molecule has 1 heterocycles. The van der Waals surface area contributed by atoms with Crippen LogP contribution in [0.25, 0.3) is 11.3 Å². The maximum Gasteiger partial charge on any atom is 0.267 e. The third kappa shape index (κ3) is 3.81. The molecule has 0 aliphatic rings. The van der Waals surface area contributed by atoms with Crippen molar-refractivity contribution in [1.82, 2.24) is 9.97 Å². The Morgan fingerprint density at radius 3 is 2.27 bits per heavy atom. The van der Waals surface area contributed by atoms with E-state index in [0.29, 0.717) is 5.95 Å². The average molecular weight is 298 g/mol. The molecule has 0 fully saturated rings. The number of aromatic nitrogens is 2.